The Balaban J connectivity index is 2.10. The lowest BCUT2D eigenvalue weighted by atomic mass is 10.4. The Morgan fingerprint density at radius 2 is 1.81 bits per heavy atom. The molecule has 0 bridgehead atoms. The van der Waals surface area contributed by atoms with E-state index in [0.717, 1.165) is 15.7 Å². The Kier molecular flexibility index (Phi) is 3.68. The van der Waals surface area contributed by atoms with E-state index < -0.39 is 8.87 Å². The first-order valence-electron chi connectivity index (χ1n) is 4.65. The third-order valence-electron chi connectivity index (χ3n) is 1.97. The molecule has 2 nitrogen and oxygen atoms in total. The molecule has 0 saturated carbocycles. The highest BCUT2D eigenvalue weighted by molar-refractivity contribution is 8.71. The summed E-state index contributed by atoms with van der Waals surface area (Å²) in [5, 5.41) is 1.95. The molecular formula is C11H10O2S3. The van der Waals surface area contributed by atoms with E-state index >= 15 is 0 Å². The zero-order valence-electron chi connectivity index (χ0n) is 8.37. The zero-order chi connectivity index (χ0) is 11.4. The average molecular weight is 270 g/mol. The minimum absolute atomic E-state index is 0.372. The molecular weight excluding hydrogens is 260 g/mol. The molecule has 0 aliphatic carbocycles. The van der Waals surface area contributed by atoms with E-state index in [4.69, 9.17) is 0 Å². The summed E-state index contributed by atoms with van der Waals surface area (Å²) in [5.74, 6) is 0.509. The summed E-state index contributed by atoms with van der Waals surface area (Å²) in [6.45, 7) is 0. The molecule has 0 amide bonds. The Morgan fingerprint density at radius 1 is 1.06 bits per heavy atom. The molecule has 0 aliphatic heterocycles. The van der Waals surface area contributed by atoms with E-state index in [0.29, 0.717) is 10.6 Å². The average Bonchev–Trinajstić information content (AvgIpc) is 2.81. The Bertz CT molecular complexity index is 530. The van der Waals surface area contributed by atoms with Gasteiger partial charge in [0, 0.05) is 10.6 Å². The molecule has 84 valence electrons. The highest BCUT2D eigenvalue weighted by Gasteiger charge is 2.14. The van der Waals surface area contributed by atoms with Crippen molar-refractivity contribution in [2.45, 2.75) is 10.6 Å². The third kappa shape index (κ3) is 2.87. The van der Waals surface area contributed by atoms with Gasteiger partial charge < -0.3 is 0 Å². The van der Waals surface area contributed by atoms with Gasteiger partial charge in [-0.2, -0.15) is 0 Å². The van der Waals surface area contributed by atoms with Crippen molar-refractivity contribution in [1.82, 2.24) is 0 Å². The summed E-state index contributed by atoms with van der Waals surface area (Å²) in [6, 6.07) is 12.4. The van der Waals surface area contributed by atoms with Crippen LogP contribution in [0.15, 0.2) is 52.7 Å². The van der Waals surface area contributed by atoms with Gasteiger partial charge in [0.25, 0.3) is 0 Å². The maximum Gasteiger partial charge on any atom is 0.230 e. The van der Waals surface area contributed by atoms with Gasteiger partial charge in [-0.05, 0) is 34.4 Å². The van der Waals surface area contributed by atoms with Crippen molar-refractivity contribution in [2.24, 2.45) is 0 Å². The number of thiophene rings is 1. The van der Waals surface area contributed by atoms with Gasteiger partial charge >= 0.3 is 0 Å². The number of hydrogen-bond acceptors (Lipinski definition) is 4. The Hall–Kier alpha value is -0.780. The van der Waals surface area contributed by atoms with Gasteiger partial charge in [-0.25, -0.2) is 8.42 Å². The predicted octanol–water partition coefficient (Wildman–Crippen LogP) is 3.37. The van der Waals surface area contributed by atoms with Crippen molar-refractivity contribution in [3.8, 4) is 0 Å². The largest absolute Gasteiger partial charge is 0.230 e. The molecule has 2 aromatic rings. The van der Waals surface area contributed by atoms with Crippen LogP contribution in [0.1, 0.15) is 4.88 Å². The fraction of sp³-hybridized carbons (Fsp3) is 0.0909. The van der Waals surface area contributed by atoms with Gasteiger partial charge in [-0.1, -0.05) is 24.3 Å². The Morgan fingerprint density at radius 3 is 2.44 bits per heavy atom. The fourth-order valence-corrected chi connectivity index (χ4v) is 4.93. The summed E-state index contributed by atoms with van der Waals surface area (Å²) in [7, 11) is -2.24. The highest BCUT2D eigenvalue weighted by Crippen LogP contribution is 2.27. The molecule has 1 heterocycles. The third-order valence-corrected chi connectivity index (χ3v) is 6.48. The molecule has 0 fully saturated rings. The minimum atomic E-state index is -3.21. The van der Waals surface area contributed by atoms with E-state index in [-0.39, 0.29) is 0 Å². The van der Waals surface area contributed by atoms with Gasteiger partial charge in [0.15, 0.2) is 0 Å². The summed E-state index contributed by atoms with van der Waals surface area (Å²) in [4.78, 5) is 1.45. The lowest BCUT2D eigenvalue weighted by Gasteiger charge is -2.01. The quantitative estimate of drug-likeness (QED) is 0.799. The first-order chi connectivity index (χ1) is 7.68. The topological polar surface area (TPSA) is 34.1 Å². The van der Waals surface area contributed by atoms with E-state index in [9.17, 15) is 8.42 Å². The maximum atomic E-state index is 11.9. The molecule has 0 unspecified atom stereocenters. The minimum Gasteiger partial charge on any atom is -0.212 e. The second kappa shape index (κ2) is 5.03. The smallest absolute Gasteiger partial charge is 0.212 e. The lowest BCUT2D eigenvalue weighted by molar-refractivity contribution is 0.610. The van der Waals surface area contributed by atoms with E-state index in [1.54, 1.807) is 35.6 Å². The fourth-order valence-electron chi connectivity index (χ4n) is 1.19. The maximum absolute atomic E-state index is 11.9. The second-order valence-corrected chi connectivity index (χ2v) is 8.07. The van der Waals surface area contributed by atoms with Crippen LogP contribution in [0.25, 0.3) is 0 Å². The second-order valence-electron chi connectivity index (χ2n) is 3.11. The van der Waals surface area contributed by atoms with Crippen LogP contribution >= 0.6 is 22.1 Å². The van der Waals surface area contributed by atoms with Crippen molar-refractivity contribution in [3.63, 3.8) is 0 Å². The summed E-state index contributed by atoms with van der Waals surface area (Å²) in [6.07, 6.45) is 0. The summed E-state index contributed by atoms with van der Waals surface area (Å²) in [5.41, 5.74) is 0. The molecule has 0 atom stereocenters. The number of benzene rings is 1. The van der Waals surface area contributed by atoms with Crippen molar-refractivity contribution in [1.29, 1.82) is 0 Å². The predicted molar refractivity (Wildman–Crippen MR) is 69.2 cm³/mol. The van der Waals surface area contributed by atoms with E-state index in [2.05, 4.69) is 0 Å². The molecule has 0 saturated heterocycles. The first kappa shape index (κ1) is 11.7. The standard InChI is InChI=1S/C11H10O2S3/c12-16(13,11-6-2-1-3-7-11)15-9-10-5-4-8-14-10/h1-8H,9H2. The molecule has 0 radical (unpaired) electrons. The van der Waals surface area contributed by atoms with Gasteiger partial charge in [0.1, 0.15) is 0 Å². The normalized spacial score (nSPS) is 11.5. The summed E-state index contributed by atoms with van der Waals surface area (Å²) < 4.78 is 23.8. The number of rotatable bonds is 4. The molecule has 2 rings (SSSR count). The van der Waals surface area contributed by atoms with Crippen LogP contribution in [0.3, 0.4) is 0 Å². The molecule has 0 N–H and O–H groups in total. The Labute approximate surface area is 103 Å². The molecule has 0 aliphatic rings. The van der Waals surface area contributed by atoms with Crippen LogP contribution in [0.5, 0.6) is 0 Å². The van der Waals surface area contributed by atoms with Crippen LogP contribution in [-0.4, -0.2) is 8.42 Å². The van der Waals surface area contributed by atoms with Crippen LogP contribution in [0.4, 0.5) is 0 Å². The molecule has 5 heteroatoms. The lowest BCUT2D eigenvalue weighted by Crippen LogP contribution is -1.94. The van der Waals surface area contributed by atoms with Gasteiger partial charge in [0.2, 0.25) is 8.87 Å². The SMILES string of the molecule is O=S(=O)(SCc1cccs1)c1ccccc1. The van der Waals surface area contributed by atoms with Crippen LogP contribution in [0, 0.1) is 0 Å². The highest BCUT2D eigenvalue weighted by atomic mass is 33.1. The van der Waals surface area contributed by atoms with E-state index in [1.165, 1.54) is 0 Å². The molecule has 0 spiro atoms. The van der Waals surface area contributed by atoms with Crippen molar-refractivity contribution < 1.29 is 8.42 Å². The zero-order valence-corrected chi connectivity index (χ0v) is 10.8. The van der Waals surface area contributed by atoms with Crippen molar-refractivity contribution >= 4 is 31.0 Å². The monoisotopic (exact) mass is 270 g/mol. The van der Waals surface area contributed by atoms with Crippen LogP contribution < -0.4 is 0 Å². The van der Waals surface area contributed by atoms with Gasteiger partial charge in [-0.3, -0.25) is 0 Å². The van der Waals surface area contributed by atoms with E-state index in [1.807, 2.05) is 23.6 Å². The van der Waals surface area contributed by atoms with Crippen molar-refractivity contribution in [2.75, 3.05) is 0 Å². The molecule has 1 aromatic heterocycles. The first-order valence-corrected chi connectivity index (χ1v) is 8.52. The van der Waals surface area contributed by atoms with Gasteiger partial charge in [0.05, 0.1) is 4.90 Å². The number of hydrogen-bond donors (Lipinski definition) is 0. The molecule has 1 aromatic carbocycles. The van der Waals surface area contributed by atoms with Gasteiger partial charge in [-0.15, -0.1) is 11.3 Å². The summed E-state index contributed by atoms with van der Waals surface area (Å²) >= 11 is 1.57. The van der Waals surface area contributed by atoms with Crippen LogP contribution in [0.2, 0.25) is 0 Å². The van der Waals surface area contributed by atoms with Crippen LogP contribution in [-0.2, 0) is 14.6 Å². The van der Waals surface area contributed by atoms with Crippen molar-refractivity contribution in [3.05, 3.63) is 52.7 Å². The molecule has 16 heavy (non-hydrogen) atoms.